The molecule has 312 valence electrons. The second-order valence-corrected chi connectivity index (χ2v) is 19.2. The van der Waals surface area contributed by atoms with Crippen LogP contribution in [0.25, 0.3) is 65.7 Å². The van der Waals surface area contributed by atoms with Gasteiger partial charge in [0.05, 0.1) is 11.4 Å². The molecule has 2 aliphatic rings. The van der Waals surface area contributed by atoms with Crippen LogP contribution in [0.4, 0.5) is 34.1 Å². The first-order chi connectivity index (χ1) is 32.5. The molecule has 1 aliphatic carbocycles. The van der Waals surface area contributed by atoms with Gasteiger partial charge in [0.1, 0.15) is 0 Å². The van der Waals surface area contributed by atoms with Gasteiger partial charge in [-0.3, -0.25) is 0 Å². The highest BCUT2D eigenvalue weighted by atomic mass is 32.2. The second-order valence-electron chi connectivity index (χ2n) is 18.1. The highest BCUT2D eigenvalue weighted by Gasteiger charge is 2.36. The second kappa shape index (κ2) is 15.1. The van der Waals surface area contributed by atoms with E-state index in [2.05, 4.69) is 254 Å². The van der Waals surface area contributed by atoms with Crippen molar-refractivity contribution in [1.82, 2.24) is 0 Å². The normalized spacial score (nSPS) is 13.1. The Balaban J connectivity index is 0.969. The van der Waals surface area contributed by atoms with E-state index in [1.165, 1.54) is 86.6 Å². The summed E-state index contributed by atoms with van der Waals surface area (Å²) in [5.74, 6) is 0. The number of nitrogens with zero attached hydrogens (tertiary/aromatic N) is 2. The Kier molecular flexibility index (Phi) is 8.84. The molecular formula is C63H44N2S. The van der Waals surface area contributed by atoms with Crippen molar-refractivity contribution in [3.63, 3.8) is 0 Å². The Bertz CT molecular complexity index is 3720. The van der Waals surface area contributed by atoms with Gasteiger partial charge >= 0.3 is 0 Å². The number of para-hydroxylation sites is 2. The predicted octanol–water partition coefficient (Wildman–Crippen LogP) is 18.2. The first kappa shape index (κ1) is 38.6. The van der Waals surface area contributed by atoms with Crippen molar-refractivity contribution in [2.24, 2.45) is 0 Å². The van der Waals surface area contributed by atoms with E-state index in [1.807, 2.05) is 11.8 Å². The molecule has 0 fully saturated rings. The van der Waals surface area contributed by atoms with Crippen LogP contribution in [0.5, 0.6) is 0 Å². The molecule has 1 heterocycles. The van der Waals surface area contributed by atoms with Gasteiger partial charge in [0.15, 0.2) is 0 Å². The van der Waals surface area contributed by atoms with Gasteiger partial charge < -0.3 is 9.80 Å². The van der Waals surface area contributed by atoms with E-state index in [4.69, 9.17) is 0 Å². The molecule has 3 heteroatoms. The van der Waals surface area contributed by atoms with E-state index in [9.17, 15) is 0 Å². The van der Waals surface area contributed by atoms with Crippen LogP contribution in [0.3, 0.4) is 0 Å². The topological polar surface area (TPSA) is 6.48 Å². The van der Waals surface area contributed by atoms with E-state index in [1.54, 1.807) is 0 Å². The first-order valence-corrected chi connectivity index (χ1v) is 23.6. The Hall–Kier alpha value is -7.85. The van der Waals surface area contributed by atoms with E-state index in [0.717, 1.165) is 34.1 Å². The van der Waals surface area contributed by atoms with Gasteiger partial charge in [0.2, 0.25) is 0 Å². The van der Waals surface area contributed by atoms with E-state index < -0.39 is 0 Å². The first-order valence-electron chi connectivity index (χ1n) is 22.8. The lowest BCUT2D eigenvalue weighted by Gasteiger charge is -2.30. The standard InChI is InChI=1S/C63H44N2S/c1-63(2)56-27-13-11-25-50(56)54-39-46(34-36-57(54)63)65(58-28-14-12-24-48(58)41-17-5-3-6-18-41)47-33-35-51-55-37-43-31-32-45(38-53(43)52-26-16-30-60(62(52)55)66-61(51)40-47)64(44-21-7-4-8-22-44)59-29-15-20-42-19-9-10-23-49(42)59/h3-40H,1-2H3. The Morgan fingerprint density at radius 3 is 1.83 bits per heavy atom. The summed E-state index contributed by atoms with van der Waals surface area (Å²) in [5, 5.41) is 7.51. The minimum atomic E-state index is -0.0715. The summed E-state index contributed by atoms with van der Waals surface area (Å²) >= 11 is 1.89. The van der Waals surface area contributed by atoms with E-state index in [0.29, 0.717) is 0 Å². The van der Waals surface area contributed by atoms with Crippen LogP contribution in [0.15, 0.2) is 240 Å². The average molecular weight is 861 g/mol. The van der Waals surface area contributed by atoms with Gasteiger partial charge in [0.25, 0.3) is 0 Å². The van der Waals surface area contributed by atoms with Crippen LogP contribution in [0.2, 0.25) is 0 Å². The van der Waals surface area contributed by atoms with Gasteiger partial charge in [-0.2, -0.15) is 0 Å². The number of anilines is 6. The number of fused-ring (bicyclic) bond motifs is 8. The van der Waals surface area contributed by atoms with Crippen molar-refractivity contribution in [2.45, 2.75) is 29.1 Å². The third-order valence-electron chi connectivity index (χ3n) is 14.0. The van der Waals surface area contributed by atoms with Crippen molar-refractivity contribution in [3.05, 3.63) is 242 Å². The Morgan fingerprint density at radius 2 is 0.955 bits per heavy atom. The molecule has 0 amide bonds. The molecule has 66 heavy (non-hydrogen) atoms. The minimum Gasteiger partial charge on any atom is -0.310 e. The Labute approximate surface area is 390 Å². The summed E-state index contributed by atoms with van der Waals surface area (Å²) in [4.78, 5) is 7.42. The molecule has 0 unspecified atom stereocenters. The summed E-state index contributed by atoms with van der Waals surface area (Å²) in [6, 6.07) is 85.1. The molecule has 0 aromatic heterocycles. The zero-order chi connectivity index (χ0) is 43.9. The quantitative estimate of drug-likeness (QED) is 0.147. The highest BCUT2D eigenvalue weighted by Crippen LogP contribution is 2.54. The molecule has 0 saturated heterocycles. The van der Waals surface area contributed by atoms with Crippen molar-refractivity contribution < 1.29 is 0 Å². The molecule has 2 nitrogen and oxygen atoms in total. The molecule has 0 saturated carbocycles. The highest BCUT2D eigenvalue weighted by molar-refractivity contribution is 7.99. The van der Waals surface area contributed by atoms with Crippen LogP contribution in [-0.4, -0.2) is 0 Å². The molecule has 11 aromatic rings. The van der Waals surface area contributed by atoms with Crippen LogP contribution < -0.4 is 9.80 Å². The summed E-state index contributed by atoms with van der Waals surface area (Å²) in [7, 11) is 0. The molecule has 11 aromatic carbocycles. The van der Waals surface area contributed by atoms with Gasteiger partial charge in [0, 0.05) is 54.3 Å². The van der Waals surface area contributed by atoms with Crippen molar-refractivity contribution >= 4 is 78.2 Å². The van der Waals surface area contributed by atoms with Crippen LogP contribution in [0, 0.1) is 0 Å². The number of hydrogen-bond acceptors (Lipinski definition) is 3. The Morgan fingerprint density at radius 1 is 0.333 bits per heavy atom. The molecular weight excluding hydrogens is 817 g/mol. The number of rotatable bonds is 7. The van der Waals surface area contributed by atoms with Crippen LogP contribution in [-0.2, 0) is 5.41 Å². The van der Waals surface area contributed by atoms with Crippen LogP contribution >= 0.6 is 11.8 Å². The van der Waals surface area contributed by atoms with E-state index in [-0.39, 0.29) is 5.41 Å². The molecule has 1 aliphatic heterocycles. The summed E-state index contributed by atoms with van der Waals surface area (Å²) in [6.07, 6.45) is 0. The lowest BCUT2D eigenvalue weighted by atomic mass is 9.82. The maximum Gasteiger partial charge on any atom is 0.0540 e. The molecule has 0 spiro atoms. The molecule has 0 atom stereocenters. The number of benzene rings is 11. The zero-order valence-electron chi connectivity index (χ0n) is 36.7. The largest absolute Gasteiger partial charge is 0.310 e. The summed E-state index contributed by atoms with van der Waals surface area (Å²) in [6.45, 7) is 4.71. The van der Waals surface area contributed by atoms with Crippen molar-refractivity contribution in [1.29, 1.82) is 0 Å². The monoisotopic (exact) mass is 860 g/mol. The maximum atomic E-state index is 2.48. The molecule has 0 bridgehead atoms. The van der Waals surface area contributed by atoms with Crippen LogP contribution in [0.1, 0.15) is 25.0 Å². The minimum absolute atomic E-state index is 0.0715. The molecule has 13 rings (SSSR count). The van der Waals surface area contributed by atoms with Gasteiger partial charge in [-0.25, -0.2) is 0 Å². The van der Waals surface area contributed by atoms with Gasteiger partial charge in [-0.1, -0.05) is 183 Å². The zero-order valence-corrected chi connectivity index (χ0v) is 37.6. The third kappa shape index (κ3) is 6.04. The fraction of sp³-hybridized carbons (Fsp3) is 0.0476. The lowest BCUT2D eigenvalue weighted by molar-refractivity contribution is 0.660. The lowest BCUT2D eigenvalue weighted by Crippen LogP contribution is -2.15. The van der Waals surface area contributed by atoms with Crippen molar-refractivity contribution in [2.75, 3.05) is 9.80 Å². The maximum absolute atomic E-state index is 2.48. The average Bonchev–Trinajstić information content (AvgIpc) is 3.60. The van der Waals surface area contributed by atoms with Gasteiger partial charge in [-0.15, -0.1) is 0 Å². The fourth-order valence-corrected chi connectivity index (χ4v) is 12.1. The van der Waals surface area contributed by atoms with E-state index >= 15 is 0 Å². The number of hydrogen-bond donors (Lipinski definition) is 0. The summed E-state index contributed by atoms with van der Waals surface area (Å²) < 4.78 is 0. The van der Waals surface area contributed by atoms with Gasteiger partial charge in [-0.05, 0) is 133 Å². The molecule has 0 radical (unpaired) electrons. The molecule has 0 N–H and O–H groups in total. The fourth-order valence-electron chi connectivity index (χ4n) is 10.9. The summed E-state index contributed by atoms with van der Waals surface area (Å²) in [5.41, 5.74) is 17.1. The third-order valence-corrected chi connectivity index (χ3v) is 15.1. The van der Waals surface area contributed by atoms with Crippen molar-refractivity contribution in [3.8, 4) is 33.4 Å². The predicted molar refractivity (Wildman–Crippen MR) is 281 cm³/mol. The smallest absolute Gasteiger partial charge is 0.0540 e. The SMILES string of the molecule is CC1(C)c2ccccc2-c2cc(N(c3ccc4c(c3)Sc3cccc5c3c-4cc3ccc(N(c4ccccc4)c4cccc6ccccc46)cc35)c3ccccc3-c3ccccc3)ccc21.